The van der Waals surface area contributed by atoms with Gasteiger partial charge in [-0.1, -0.05) is 12.1 Å². The van der Waals surface area contributed by atoms with Gasteiger partial charge >= 0.3 is 0 Å². The fraction of sp³-hybridized carbons (Fsp3) is 0.222. The van der Waals surface area contributed by atoms with Crippen molar-refractivity contribution in [2.24, 2.45) is 5.10 Å². The number of ether oxygens (including phenoxy) is 2. The van der Waals surface area contributed by atoms with E-state index in [0.717, 1.165) is 17.7 Å². The highest BCUT2D eigenvalue weighted by Gasteiger charge is 2.06. The SMILES string of the molecule is CCNC(=S)N/N=C\c1ccc(OCc2ccc(F)cc2)c(OC)c1. The Morgan fingerprint density at radius 3 is 2.64 bits per heavy atom. The van der Waals surface area contributed by atoms with Crippen LogP contribution in [0.4, 0.5) is 4.39 Å². The highest BCUT2D eigenvalue weighted by Crippen LogP contribution is 2.28. The van der Waals surface area contributed by atoms with Gasteiger partial charge < -0.3 is 14.8 Å². The van der Waals surface area contributed by atoms with Crippen molar-refractivity contribution >= 4 is 23.5 Å². The van der Waals surface area contributed by atoms with Gasteiger partial charge in [0.15, 0.2) is 16.6 Å². The molecule has 7 heteroatoms. The average Bonchev–Trinajstić information content (AvgIpc) is 2.62. The number of hydrazone groups is 1. The number of benzene rings is 2. The molecule has 0 unspecified atom stereocenters. The van der Waals surface area contributed by atoms with Gasteiger partial charge in [-0.2, -0.15) is 5.10 Å². The molecule has 2 aromatic carbocycles. The number of rotatable bonds is 7. The predicted molar refractivity (Wildman–Crippen MR) is 101 cm³/mol. The van der Waals surface area contributed by atoms with Crippen molar-refractivity contribution in [3.63, 3.8) is 0 Å². The highest BCUT2D eigenvalue weighted by molar-refractivity contribution is 7.80. The fourth-order valence-electron chi connectivity index (χ4n) is 1.99. The lowest BCUT2D eigenvalue weighted by atomic mass is 10.2. The zero-order chi connectivity index (χ0) is 18.1. The predicted octanol–water partition coefficient (Wildman–Crippen LogP) is 3.23. The lowest BCUT2D eigenvalue weighted by Gasteiger charge is -2.11. The summed E-state index contributed by atoms with van der Waals surface area (Å²) in [6.45, 7) is 3.01. The van der Waals surface area contributed by atoms with Crippen molar-refractivity contribution in [3.8, 4) is 11.5 Å². The van der Waals surface area contributed by atoms with Crippen LogP contribution in [0.15, 0.2) is 47.6 Å². The first-order chi connectivity index (χ1) is 12.1. The molecule has 0 aliphatic rings. The lowest BCUT2D eigenvalue weighted by molar-refractivity contribution is 0.284. The standard InChI is InChI=1S/C18H20FN3O2S/c1-3-20-18(25)22-21-11-14-6-9-16(17(10-14)23-2)24-12-13-4-7-15(19)8-5-13/h4-11H,3,12H2,1-2H3,(H2,20,22,25)/b21-11-. The van der Waals surface area contributed by atoms with Crippen LogP contribution in [-0.2, 0) is 6.61 Å². The maximum absolute atomic E-state index is 12.9. The van der Waals surface area contributed by atoms with Crippen LogP contribution in [0.1, 0.15) is 18.1 Å². The average molecular weight is 361 g/mol. The maximum Gasteiger partial charge on any atom is 0.186 e. The van der Waals surface area contributed by atoms with Crippen molar-refractivity contribution < 1.29 is 13.9 Å². The van der Waals surface area contributed by atoms with Crippen LogP contribution in [0.25, 0.3) is 0 Å². The summed E-state index contributed by atoms with van der Waals surface area (Å²) in [5.41, 5.74) is 4.42. The van der Waals surface area contributed by atoms with Gasteiger partial charge in [0.1, 0.15) is 12.4 Å². The van der Waals surface area contributed by atoms with Gasteiger partial charge in [0.2, 0.25) is 0 Å². The van der Waals surface area contributed by atoms with Crippen LogP contribution in [0.2, 0.25) is 0 Å². The second kappa shape index (κ2) is 9.58. The normalized spacial score (nSPS) is 10.5. The molecule has 0 bridgehead atoms. The molecule has 0 saturated heterocycles. The Morgan fingerprint density at radius 2 is 1.96 bits per heavy atom. The number of thiocarbonyl (C=S) groups is 1. The molecule has 0 saturated carbocycles. The van der Waals surface area contributed by atoms with Crippen molar-refractivity contribution in [2.75, 3.05) is 13.7 Å². The zero-order valence-corrected chi connectivity index (χ0v) is 14.9. The third kappa shape index (κ3) is 6.04. The van der Waals surface area contributed by atoms with Crippen molar-refractivity contribution in [3.05, 3.63) is 59.4 Å². The Bertz CT molecular complexity index is 736. The minimum absolute atomic E-state index is 0.271. The van der Waals surface area contributed by atoms with Crippen LogP contribution in [0.3, 0.4) is 0 Å². The number of methoxy groups -OCH3 is 1. The number of hydrogen-bond donors (Lipinski definition) is 2. The molecule has 0 fully saturated rings. The summed E-state index contributed by atoms with van der Waals surface area (Å²) in [7, 11) is 1.57. The van der Waals surface area contributed by atoms with E-state index in [1.165, 1.54) is 12.1 Å². The minimum Gasteiger partial charge on any atom is -0.493 e. The maximum atomic E-state index is 12.9. The van der Waals surface area contributed by atoms with Gasteiger partial charge in [-0.05, 0) is 60.6 Å². The molecule has 0 aliphatic carbocycles. The molecule has 2 rings (SSSR count). The van der Waals surface area contributed by atoms with E-state index in [1.54, 1.807) is 31.5 Å². The van der Waals surface area contributed by atoms with Crippen LogP contribution in [0.5, 0.6) is 11.5 Å². The van der Waals surface area contributed by atoms with E-state index in [0.29, 0.717) is 23.2 Å². The number of halogens is 1. The van der Waals surface area contributed by atoms with Gasteiger partial charge in [-0.15, -0.1) is 0 Å². The molecular formula is C18H20FN3O2S. The summed E-state index contributed by atoms with van der Waals surface area (Å²) in [6.07, 6.45) is 1.63. The van der Waals surface area contributed by atoms with Crippen molar-refractivity contribution in [1.82, 2.24) is 10.7 Å². The molecule has 0 spiro atoms. The molecule has 0 aromatic heterocycles. The van der Waals surface area contributed by atoms with E-state index in [-0.39, 0.29) is 5.82 Å². The summed E-state index contributed by atoms with van der Waals surface area (Å²) in [5, 5.41) is 7.46. The summed E-state index contributed by atoms with van der Waals surface area (Å²) in [6, 6.07) is 11.6. The van der Waals surface area contributed by atoms with E-state index in [1.807, 2.05) is 19.1 Å². The van der Waals surface area contributed by atoms with Gasteiger partial charge in [0.25, 0.3) is 0 Å². The van der Waals surface area contributed by atoms with Crippen LogP contribution >= 0.6 is 12.2 Å². The zero-order valence-electron chi connectivity index (χ0n) is 14.1. The molecule has 2 aromatic rings. The molecular weight excluding hydrogens is 341 g/mol. The van der Waals surface area contributed by atoms with Crippen LogP contribution in [0, 0.1) is 5.82 Å². The van der Waals surface area contributed by atoms with E-state index in [2.05, 4.69) is 15.8 Å². The van der Waals surface area contributed by atoms with Crippen LogP contribution < -0.4 is 20.2 Å². The Hall–Kier alpha value is -2.67. The molecule has 0 aliphatic heterocycles. The molecule has 0 amide bonds. The molecule has 5 nitrogen and oxygen atoms in total. The summed E-state index contributed by atoms with van der Waals surface area (Å²) in [4.78, 5) is 0. The third-order valence-corrected chi connectivity index (χ3v) is 3.45. The minimum atomic E-state index is -0.271. The topological polar surface area (TPSA) is 54.9 Å². The highest BCUT2D eigenvalue weighted by atomic mass is 32.1. The van der Waals surface area contributed by atoms with Gasteiger partial charge in [0.05, 0.1) is 13.3 Å². The Labute approximate surface area is 151 Å². The first kappa shape index (κ1) is 18.7. The molecule has 0 heterocycles. The molecule has 132 valence electrons. The number of nitrogens with one attached hydrogen (secondary N) is 2. The first-order valence-corrected chi connectivity index (χ1v) is 8.15. The van der Waals surface area contributed by atoms with Gasteiger partial charge in [-0.25, -0.2) is 4.39 Å². The summed E-state index contributed by atoms with van der Waals surface area (Å²) >= 11 is 5.02. The molecule has 2 N–H and O–H groups in total. The largest absolute Gasteiger partial charge is 0.493 e. The monoisotopic (exact) mass is 361 g/mol. The smallest absolute Gasteiger partial charge is 0.186 e. The Kier molecular flexibility index (Phi) is 7.16. The number of nitrogens with zero attached hydrogens (tertiary/aromatic N) is 1. The fourth-order valence-corrected chi connectivity index (χ4v) is 2.19. The summed E-state index contributed by atoms with van der Waals surface area (Å²) < 4.78 is 24.0. The van der Waals surface area contributed by atoms with Gasteiger partial charge in [0, 0.05) is 6.54 Å². The molecule has 0 atom stereocenters. The van der Waals surface area contributed by atoms with Crippen molar-refractivity contribution in [1.29, 1.82) is 0 Å². The Balaban J connectivity index is 1.99. The quantitative estimate of drug-likeness (QED) is 0.450. The van der Waals surface area contributed by atoms with E-state index in [9.17, 15) is 4.39 Å². The van der Waals surface area contributed by atoms with Gasteiger partial charge in [-0.3, -0.25) is 5.43 Å². The second-order valence-electron chi connectivity index (χ2n) is 5.05. The van der Waals surface area contributed by atoms with E-state index >= 15 is 0 Å². The molecule has 25 heavy (non-hydrogen) atoms. The number of hydrogen-bond acceptors (Lipinski definition) is 4. The summed E-state index contributed by atoms with van der Waals surface area (Å²) in [5.74, 6) is 0.910. The first-order valence-electron chi connectivity index (χ1n) is 7.74. The Morgan fingerprint density at radius 1 is 1.20 bits per heavy atom. The van der Waals surface area contributed by atoms with E-state index in [4.69, 9.17) is 21.7 Å². The third-order valence-electron chi connectivity index (χ3n) is 3.21. The lowest BCUT2D eigenvalue weighted by Crippen LogP contribution is -2.31. The van der Waals surface area contributed by atoms with Crippen LogP contribution in [-0.4, -0.2) is 25.0 Å². The van der Waals surface area contributed by atoms with E-state index < -0.39 is 0 Å². The molecule has 0 radical (unpaired) electrons. The second-order valence-corrected chi connectivity index (χ2v) is 5.46. The van der Waals surface area contributed by atoms with Crippen molar-refractivity contribution in [2.45, 2.75) is 13.5 Å².